The highest BCUT2D eigenvalue weighted by Crippen LogP contribution is 2.36. The number of hydrogen-bond donors (Lipinski definition) is 3. The molecule has 6 aromatic rings. The zero-order valence-corrected chi connectivity index (χ0v) is 66.5. The maximum atomic E-state index is 13.4. The summed E-state index contributed by atoms with van der Waals surface area (Å²) >= 11 is 0. The topological polar surface area (TPSA) is 413 Å². The molecular formula is C84H96N18O15. The minimum atomic E-state index is -0.418. The number of methoxy groups -OCH3 is 3. The zero-order chi connectivity index (χ0) is 82.6. The number of nitriles is 3. The first kappa shape index (κ1) is 83.3. The van der Waals surface area contributed by atoms with Crippen molar-refractivity contribution in [2.75, 3.05) is 131 Å². The van der Waals surface area contributed by atoms with Gasteiger partial charge in [-0.15, -0.1) is 0 Å². The van der Waals surface area contributed by atoms with E-state index in [1.165, 1.54) is 33.3 Å². The van der Waals surface area contributed by atoms with Gasteiger partial charge in [0.05, 0.1) is 74.6 Å². The van der Waals surface area contributed by atoms with E-state index in [0.717, 1.165) is 71.9 Å². The Balaban J connectivity index is 0.000000152. The van der Waals surface area contributed by atoms with Gasteiger partial charge in [0.1, 0.15) is 70.2 Å². The monoisotopic (exact) mass is 1600 g/mol. The number of carbonyl (C=O) groups is 9. The second kappa shape index (κ2) is 38.0. The minimum absolute atomic E-state index is 0.0151. The summed E-state index contributed by atoms with van der Waals surface area (Å²) in [4.78, 5) is 150. The molecule has 117 heavy (non-hydrogen) atoms. The lowest BCUT2D eigenvalue weighted by molar-refractivity contribution is -0.131. The number of rotatable bonds is 21. The summed E-state index contributed by atoms with van der Waals surface area (Å²) in [7, 11) is 4.93. The molecule has 0 spiro atoms. The van der Waals surface area contributed by atoms with Crippen LogP contribution in [0, 0.1) is 69.5 Å². The lowest BCUT2D eigenvalue weighted by Crippen LogP contribution is -2.40. The Morgan fingerprint density at radius 3 is 0.957 bits per heavy atom. The molecule has 3 N–H and O–H groups in total. The third-order valence-corrected chi connectivity index (χ3v) is 23.5. The molecule has 33 heteroatoms. The van der Waals surface area contributed by atoms with Gasteiger partial charge in [-0.05, 0) is 147 Å². The molecule has 612 valence electrons. The maximum absolute atomic E-state index is 13.4. The van der Waals surface area contributed by atoms with Crippen LogP contribution in [0.5, 0.6) is 0 Å². The number of nitrogens with zero attached hydrogens (tertiary/aromatic N) is 15. The van der Waals surface area contributed by atoms with Crippen molar-refractivity contribution >= 4 is 89.6 Å². The van der Waals surface area contributed by atoms with Gasteiger partial charge in [-0.2, -0.15) is 15.8 Å². The fourth-order valence-corrected chi connectivity index (χ4v) is 16.7. The van der Waals surface area contributed by atoms with Crippen LogP contribution < -0.4 is 30.7 Å². The van der Waals surface area contributed by atoms with Crippen LogP contribution in [0.1, 0.15) is 158 Å². The van der Waals surface area contributed by atoms with Gasteiger partial charge in [0.15, 0.2) is 18.9 Å². The molecule has 9 aliphatic heterocycles. The van der Waals surface area contributed by atoms with Crippen LogP contribution in [0.25, 0.3) is 0 Å². The first-order valence-corrected chi connectivity index (χ1v) is 39.8. The second-order valence-corrected chi connectivity index (χ2v) is 31.1. The standard InChI is InChI=1S/3C28H32N6O5/c3*1-17-5-7-33(27(17)36)13-20-8-18-4-3-6-34(26(18)31-23(20)14-35)28(37)32-25-10-19(22(11-29)12-30-25)9-21-15-39-16-24(21)38-2/h3*8,10,12,14,17,21,24H,3-7,9,13,15-16H2,1-2H3,(H,30,32,37)/t17-,21+,24+;2*17-,21-,24-/m110/s1. The fraction of sp³-hybridized carbons (Fsp3) is 0.500. The minimum Gasteiger partial charge on any atom is -0.379 e. The number of fused-ring (bicyclic) bond motifs is 3. The van der Waals surface area contributed by atoms with Crippen LogP contribution in [0.4, 0.5) is 49.3 Å². The highest BCUT2D eigenvalue weighted by atomic mass is 16.5. The first-order chi connectivity index (χ1) is 56.7. The lowest BCUT2D eigenvalue weighted by atomic mass is 9.94. The van der Waals surface area contributed by atoms with Gasteiger partial charge in [-0.3, -0.25) is 59.4 Å². The largest absolute Gasteiger partial charge is 0.379 e. The fourth-order valence-electron chi connectivity index (χ4n) is 16.7. The molecule has 6 aromatic heterocycles. The predicted octanol–water partition coefficient (Wildman–Crippen LogP) is 8.15. The number of aryl methyl sites for hydroxylation is 3. The average molecular weight is 1600 g/mol. The predicted molar refractivity (Wildman–Crippen MR) is 424 cm³/mol. The van der Waals surface area contributed by atoms with E-state index in [0.29, 0.717) is 224 Å². The van der Waals surface area contributed by atoms with Gasteiger partial charge in [-0.1, -0.05) is 20.8 Å². The summed E-state index contributed by atoms with van der Waals surface area (Å²) in [6.45, 7) is 13.1. The number of aldehydes is 3. The third-order valence-electron chi connectivity index (χ3n) is 23.5. The Hall–Kier alpha value is -11.6. The SMILES string of the molecule is CO[C@@H]1COC[C@H]1Cc1cc(NC(=O)N2CCCc3cc(CN4CC[C@@H](C)C4=O)c(C=O)nc32)ncc1C#N.CO[C@H]1COC[C@@H]1Cc1cc(NC(=O)N2CCCc3cc(CN4CC[C@@H](C)C4=O)c(C=O)nc32)ncc1C#N.CO[C@H]1COC[C@@H]1Cc1cc(NC(=O)N2CCCc3cc(CN4CC[C@H](C)C4=O)c(C=O)nc32)ncc1C#N. The number of pyridine rings is 6. The molecule has 0 saturated carbocycles. The van der Waals surface area contributed by atoms with Crippen molar-refractivity contribution in [3.8, 4) is 18.2 Å². The highest BCUT2D eigenvalue weighted by Gasteiger charge is 2.38. The summed E-state index contributed by atoms with van der Waals surface area (Å²) in [5.41, 5.74) is 8.93. The summed E-state index contributed by atoms with van der Waals surface area (Å²) < 4.78 is 33.1. The molecule has 15 heterocycles. The van der Waals surface area contributed by atoms with E-state index >= 15 is 0 Å². The molecule has 6 fully saturated rings. The number of ether oxygens (including phenoxy) is 6. The first-order valence-electron chi connectivity index (χ1n) is 39.8. The van der Waals surface area contributed by atoms with Gasteiger partial charge in [0, 0.05) is 151 Å². The number of likely N-dealkylation sites (tertiary alicyclic amines) is 3. The van der Waals surface area contributed by atoms with E-state index in [-0.39, 0.29) is 88.6 Å². The molecule has 0 aliphatic carbocycles. The van der Waals surface area contributed by atoms with E-state index in [1.807, 2.05) is 39.0 Å². The molecule has 33 nitrogen and oxygen atoms in total. The Morgan fingerprint density at radius 2 is 0.718 bits per heavy atom. The Labute approximate surface area is 677 Å². The van der Waals surface area contributed by atoms with Crippen molar-refractivity contribution in [2.24, 2.45) is 35.5 Å². The van der Waals surface area contributed by atoms with E-state index in [1.54, 1.807) is 54.2 Å². The molecule has 9 atom stereocenters. The number of nitrogens with one attached hydrogen (secondary N) is 3. The molecule has 0 radical (unpaired) electrons. The molecular weight excluding hydrogens is 1500 g/mol. The zero-order valence-electron chi connectivity index (χ0n) is 66.5. The summed E-state index contributed by atoms with van der Waals surface area (Å²) in [6, 6.07) is 16.1. The average Bonchev–Trinajstić information content (AvgIpc) is 1.75. The Morgan fingerprint density at radius 1 is 0.436 bits per heavy atom. The van der Waals surface area contributed by atoms with Crippen molar-refractivity contribution in [3.05, 3.63) is 139 Å². The van der Waals surface area contributed by atoms with Gasteiger partial charge in [-0.25, -0.2) is 44.3 Å². The van der Waals surface area contributed by atoms with Crippen molar-refractivity contribution < 1.29 is 71.6 Å². The molecule has 15 rings (SSSR count). The van der Waals surface area contributed by atoms with Crippen LogP contribution in [0.3, 0.4) is 0 Å². The van der Waals surface area contributed by atoms with E-state index in [4.69, 9.17) is 28.4 Å². The van der Waals surface area contributed by atoms with Gasteiger partial charge < -0.3 is 43.1 Å². The van der Waals surface area contributed by atoms with Crippen molar-refractivity contribution in [1.82, 2.24) is 44.6 Å². The number of urea groups is 3. The quantitative estimate of drug-likeness (QED) is 0.0572. The number of amides is 9. The molecule has 9 aliphatic rings. The number of anilines is 6. The molecule has 9 amide bonds. The van der Waals surface area contributed by atoms with Crippen LogP contribution in [0.15, 0.2) is 55.0 Å². The Bertz CT molecular complexity index is 4450. The van der Waals surface area contributed by atoms with Crippen LogP contribution in [-0.4, -0.2) is 218 Å². The summed E-state index contributed by atoms with van der Waals surface area (Å²) in [6.07, 6.45) is 14.7. The van der Waals surface area contributed by atoms with Gasteiger partial charge in [0.2, 0.25) is 17.7 Å². The lowest BCUT2D eigenvalue weighted by Gasteiger charge is -2.29. The molecule has 0 unspecified atom stereocenters. The van der Waals surface area contributed by atoms with Crippen molar-refractivity contribution in [1.29, 1.82) is 15.8 Å². The van der Waals surface area contributed by atoms with Crippen molar-refractivity contribution in [3.63, 3.8) is 0 Å². The normalized spacial score (nSPS) is 22.5. The maximum Gasteiger partial charge on any atom is 0.328 e. The number of aromatic nitrogens is 6. The van der Waals surface area contributed by atoms with Gasteiger partial charge >= 0.3 is 18.1 Å². The number of hydrogen-bond acceptors (Lipinski definition) is 24. The summed E-state index contributed by atoms with van der Waals surface area (Å²) in [5.74, 6) is 2.77. The van der Waals surface area contributed by atoms with Crippen molar-refractivity contribution in [2.45, 2.75) is 136 Å². The van der Waals surface area contributed by atoms with Crippen LogP contribution in [-0.2, 0) is 101 Å². The van der Waals surface area contributed by atoms with Crippen LogP contribution >= 0.6 is 0 Å². The second-order valence-electron chi connectivity index (χ2n) is 31.1. The highest BCUT2D eigenvalue weighted by molar-refractivity contribution is 6.04. The molecule has 0 bridgehead atoms. The van der Waals surface area contributed by atoms with E-state index in [9.17, 15) is 58.9 Å². The Kier molecular flexibility index (Phi) is 27.0. The summed E-state index contributed by atoms with van der Waals surface area (Å²) in [5, 5.41) is 37.3. The molecule has 0 aromatic carbocycles. The third kappa shape index (κ3) is 18.9. The molecule has 6 saturated heterocycles. The van der Waals surface area contributed by atoms with Crippen LogP contribution in [0.2, 0.25) is 0 Å². The van der Waals surface area contributed by atoms with E-state index < -0.39 is 18.1 Å². The smallest absolute Gasteiger partial charge is 0.328 e. The van der Waals surface area contributed by atoms with Gasteiger partial charge in [0.25, 0.3) is 0 Å². The number of carbonyl (C=O) groups excluding carboxylic acids is 9. The van der Waals surface area contributed by atoms with E-state index in [2.05, 4.69) is 64.1 Å².